The number of benzene rings is 3. The molecular formula is C19H14F2O2S. The molecule has 3 aromatic carbocycles. The summed E-state index contributed by atoms with van der Waals surface area (Å²) in [5, 5.41) is -2.10. The lowest BCUT2D eigenvalue weighted by atomic mass is 10.1. The molecule has 0 radical (unpaired) electrons. The van der Waals surface area contributed by atoms with Crippen LogP contribution < -0.4 is 0 Å². The number of halogens is 2. The van der Waals surface area contributed by atoms with E-state index < -0.39 is 20.0 Å². The van der Waals surface area contributed by atoms with E-state index in [4.69, 9.17) is 0 Å². The summed E-state index contributed by atoms with van der Waals surface area (Å²) in [5.41, 5.74) is 0.511. The number of sulfone groups is 1. The number of fused-ring (bicyclic) bond motifs is 1. The summed E-state index contributed by atoms with van der Waals surface area (Å²) in [6.45, 7) is 0. The van der Waals surface area contributed by atoms with Gasteiger partial charge < -0.3 is 0 Å². The monoisotopic (exact) mass is 344 g/mol. The second-order valence-corrected chi connectivity index (χ2v) is 7.34. The molecule has 0 fully saturated rings. The van der Waals surface area contributed by atoms with Gasteiger partial charge in [-0.25, -0.2) is 8.42 Å². The Hall–Kier alpha value is -2.53. The van der Waals surface area contributed by atoms with Gasteiger partial charge in [0.1, 0.15) is 0 Å². The predicted octanol–water partition coefficient (Wildman–Crippen LogP) is 4.92. The summed E-state index contributed by atoms with van der Waals surface area (Å²) in [4.78, 5) is -0.404. The Morgan fingerprint density at radius 3 is 2.12 bits per heavy atom. The minimum absolute atomic E-state index is 0.404. The quantitative estimate of drug-likeness (QED) is 0.673. The van der Waals surface area contributed by atoms with Crippen molar-refractivity contribution < 1.29 is 17.2 Å². The van der Waals surface area contributed by atoms with Crippen molar-refractivity contribution in [1.29, 1.82) is 0 Å². The Balaban J connectivity index is 1.94. The molecule has 0 aromatic heterocycles. The van der Waals surface area contributed by atoms with Crippen molar-refractivity contribution in [3.8, 4) is 0 Å². The molecule has 0 saturated heterocycles. The zero-order valence-electron chi connectivity index (χ0n) is 12.6. The Labute approximate surface area is 139 Å². The second kappa shape index (κ2) is 6.17. The highest BCUT2D eigenvalue weighted by Crippen LogP contribution is 2.31. The van der Waals surface area contributed by atoms with Crippen LogP contribution in [0.4, 0.5) is 8.78 Å². The smallest absolute Gasteiger partial charge is 0.217 e. The fourth-order valence-electron chi connectivity index (χ4n) is 2.35. The third kappa shape index (κ3) is 3.08. The van der Waals surface area contributed by atoms with Crippen LogP contribution in [-0.4, -0.2) is 13.7 Å². The average molecular weight is 344 g/mol. The van der Waals surface area contributed by atoms with Gasteiger partial charge in [-0.3, -0.25) is 0 Å². The van der Waals surface area contributed by atoms with E-state index in [0.29, 0.717) is 11.6 Å². The van der Waals surface area contributed by atoms with Crippen LogP contribution in [0.1, 0.15) is 5.56 Å². The molecule has 0 bridgehead atoms. The van der Waals surface area contributed by atoms with E-state index in [2.05, 4.69) is 0 Å². The largest absolute Gasteiger partial charge is 0.368 e. The van der Waals surface area contributed by atoms with Crippen molar-refractivity contribution in [2.24, 2.45) is 0 Å². The first kappa shape index (κ1) is 16.3. The second-order valence-electron chi connectivity index (χ2n) is 5.32. The van der Waals surface area contributed by atoms with Crippen molar-refractivity contribution in [1.82, 2.24) is 0 Å². The number of hydrogen-bond donors (Lipinski definition) is 0. The minimum Gasteiger partial charge on any atom is -0.217 e. The van der Waals surface area contributed by atoms with Crippen LogP contribution in [0.25, 0.3) is 16.8 Å². The van der Waals surface area contributed by atoms with Crippen molar-refractivity contribution in [2.45, 2.75) is 10.2 Å². The van der Waals surface area contributed by atoms with Crippen LogP contribution in [0, 0.1) is 0 Å². The van der Waals surface area contributed by atoms with E-state index in [-0.39, 0.29) is 0 Å². The van der Waals surface area contributed by atoms with Crippen LogP contribution in [0.15, 0.2) is 83.8 Å². The maximum absolute atomic E-state index is 14.2. The molecule has 122 valence electrons. The molecule has 5 heteroatoms. The van der Waals surface area contributed by atoms with Crippen LogP contribution in [0.5, 0.6) is 0 Å². The van der Waals surface area contributed by atoms with Gasteiger partial charge in [0.2, 0.25) is 9.84 Å². The maximum Gasteiger partial charge on any atom is 0.368 e. The third-order valence-electron chi connectivity index (χ3n) is 3.66. The van der Waals surface area contributed by atoms with Gasteiger partial charge in [-0.15, -0.1) is 0 Å². The summed E-state index contributed by atoms with van der Waals surface area (Å²) >= 11 is 0. The van der Waals surface area contributed by atoms with Gasteiger partial charge in [0.05, 0.1) is 4.90 Å². The standard InChI is InChI=1S/C19H14F2O2S/c20-19(21,24(22,23)18-8-2-1-3-9-18)13-12-15-10-11-16-6-4-5-7-17(16)14-15/h1-14H/b13-12+. The van der Waals surface area contributed by atoms with Gasteiger partial charge in [-0.1, -0.05) is 60.7 Å². The van der Waals surface area contributed by atoms with E-state index in [1.807, 2.05) is 24.3 Å². The van der Waals surface area contributed by atoms with Gasteiger partial charge in [0.15, 0.2) is 0 Å². The van der Waals surface area contributed by atoms with E-state index in [9.17, 15) is 17.2 Å². The summed E-state index contributed by atoms with van der Waals surface area (Å²) in [7, 11) is -4.77. The van der Waals surface area contributed by atoms with Crippen molar-refractivity contribution in [3.05, 3.63) is 84.4 Å². The van der Waals surface area contributed by atoms with Crippen LogP contribution in [0.2, 0.25) is 0 Å². The number of hydrogen-bond acceptors (Lipinski definition) is 2. The van der Waals surface area contributed by atoms with Gasteiger partial charge in [-0.2, -0.15) is 8.78 Å². The lowest BCUT2D eigenvalue weighted by Crippen LogP contribution is -2.26. The summed E-state index contributed by atoms with van der Waals surface area (Å²) < 4.78 is 52.6. The molecule has 24 heavy (non-hydrogen) atoms. The Kier molecular flexibility index (Phi) is 4.20. The topological polar surface area (TPSA) is 34.1 Å². The molecule has 2 nitrogen and oxygen atoms in total. The van der Waals surface area contributed by atoms with Gasteiger partial charge in [0.25, 0.3) is 0 Å². The van der Waals surface area contributed by atoms with E-state index in [1.165, 1.54) is 12.1 Å². The van der Waals surface area contributed by atoms with Gasteiger partial charge in [-0.05, 0) is 34.5 Å². The fourth-order valence-corrected chi connectivity index (χ4v) is 3.43. The van der Waals surface area contributed by atoms with Crippen molar-refractivity contribution in [3.63, 3.8) is 0 Å². The summed E-state index contributed by atoms with van der Waals surface area (Å²) in [5.74, 6) is 0. The average Bonchev–Trinajstić information content (AvgIpc) is 2.60. The molecule has 0 aliphatic carbocycles. The molecule has 0 saturated carbocycles. The normalized spacial score (nSPS) is 12.8. The minimum atomic E-state index is -4.77. The molecule has 0 heterocycles. The number of rotatable bonds is 4. The Morgan fingerprint density at radius 2 is 1.42 bits per heavy atom. The highest BCUT2D eigenvalue weighted by molar-refractivity contribution is 7.92. The molecule has 0 N–H and O–H groups in total. The van der Waals surface area contributed by atoms with Gasteiger partial charge >= 0.3 is 5.25 Å². The van der Waals surface area contributed by atoms with Crippen molar-refractivity contribution >= 4 is 26.7 Å². The van der Waals surface area contributed by atoms with Crippen molar-refractivity contribution in [2.75, 3.05) is 0 Å². The van der Waals surface area contributed by atoms with E-state index in [1.54, 1.807) is 24.3 Å². The van der Waals surface area contributed by atoms with Crippen LogP contribution >= 0.6 is 0 Å². The fraction of sp³-hybridized carbons (Fsp3) is 0.0526. The highest BCUT2D eigenvalue weighted by atomic mass is 32.2. The first-order valence-corrected chi connectivity index (χ1v) is 8.74. The molecule has 0 spiro atoms. The lowest BCUT2D eigenvalue weighted by molar-refractivity contribution is 0.148. The van der Waals surface area contributed by atoms with Crippen LogP contribution in [0.3, 0.4) is 0 Å². The first-order valence-electron chi connectivity index (χ1n) is 7.26. The lowest BCUT2D eigenvalue weighted by Gasteiger charge is -2.13. The summed E-state index contributed by atoms with van der Waals surface area (Å²) in [6.07, 6.45) is 1.56. The zero-order chi connectivity index (χ0) is 17.2. The first-order chi connectivity index (χ1) is 11.4. The molecule has 3 rings (SSSR count). The molecule has 0 amide bonds. The van der Waals surface area contributed by atoms with Gasteiger partial charge in [0, 0.05) is 6.08 Å². The maximum atomic E-state index is 14.2. The molecule has 0 aliphatic rings. The van der Waals surface area contributed by atoms with E-state index in [0.717, 1.165) is 29.0 Å². The Morgan fingerprint density at radius 1 is 0.792 bits per heavy atom. The Bertz CT molecular complexity index is 994. The highest BCUT2D eigenvalue weighted by Gasteiger charge is 2.43. The molecule has 0 atom stereocenters. The van der Waals surface area contributed by atoms with E-state index >= 15 is 0 Å². The molecule has 0 aliphatic heterocycles. The zero-order valence-corrected chi connectivity index (χ0v) is 13.4. The summed E-state index contributed by atoms with van der Waals surface area (Å²) in [6, 6.07) is 19.4. The van der Waals surface area contributed by atoms with Crippen LogP contribution in [-0.2, 0) is 9.84 Å². The predicted molar refractivity (Wildman–Crippen MR) is 91.6 cm³/mol. The number of alkyl halides is 2. The SMILES string of the molecule is O=S(=O)(c1ccccc1)C(F)(F)/C=C/c1ccc2ccccc2c1. The third-order valence-corrected chi connectivity index (χ3v) is 5.40. The molecule has 0 unspecified atom stereocenters. The molecular weight excluding hydrogens is 330 g/mol. The molecule has 3 aromatic rings.